The van der Waals surface area contributed by atoms with Crippen LogP contribution >= 0.6 is 11.6 Å². The topological polar surface area (TPSA) is 13.1 Å². The van der Waals surface area contributed by atoms with Gasteiger partial charge >= 0.3 is 0 Å². The fraction of sp³-hybridized carbons (Fsp3) is 0.600. The third-order valence-corrected chi connectivity index (χ3v) is 2.32. The zero-order valence-electron chi connectivity index (χ0n) is 7.42. The summed E-state index contributed by atoms with van der Waals surface area (Å²) in [5.41, 5.74) is 0. The molecule has 0 saturated carbocycles. The van der Waals surface area contributed by atoms with Crippen LogP contribution in [0.1, 0.15) is 31.9 Å². The molecule has 0 bridgehead atoms. The minimum atomic E-state index is 0.306. The Morgan fingerprint density at radius 2 is 2.33 bits per heavy atom. The minimum Gasteiger partial charge on any atom is -0.469 e. The molecule has 12 heavy (non-hydrogen) atoms. The molecule has 1 unspecified atom stereocenters. The lowest BCUT2D eigenvalue weighted by molar-refractivity contribution is 0.496. The van der Waals surface area contributed by atoms with Gasteiger partial charge in [-0.15, -0.1) is 11.6 Å². The standard InChI is InChI=1S/C10H15ClO/c1-2-4-9(11)6-7-10-5-3-8-12-10/h3,5,8-9H,2,4,6-7H2,1H3. The first-order chi connectivity index (χ1) is 5.83. The molecule has 1 aromatic rings. The highest BCUT2D eigenvalue weighted by atomic mass is 35.5. The maximum Gasteiger partial charge on any atom is 0.103 e. The molecule has 0 aliphatic heterocycles. The molecule has 0 radical (unpaired) electrons. The molecular weight excluding hydrogens is 172 g/mol. The van der Waals surface area contributed by atoms with Crippen LogP contribution in [0, 0.1) is 0 Å². The Hall–Kier alpha value is -0.430. The lowest BCUT2D eigenvalue weighted by atomic mass is 10.1. The van der Waals surface area contributed by atoms with E-state index >= 15 is 0 Å². The Morgan fingerprint density at radius 3 is 2.92 bits per heavy atom. The van der Waals surface area contributed by atoms with Crippen LogP contribution in [-0.2, 0) is 6.42 Å². The number of hydrogen-bond acceptors (Lipinski definition) is 1. The normalized spacial score (nSPS) is 13.2. The molecule has 1 heterocycles. The quantitative estimate of drug-likeness (QED) is 0.641. The van der Waals surface area contributed by atoms with Crippen molar-refractivity contribution in [2.75, 3.05) is 0 Å². The Kier molecular flexibility index (Phi) is 4.23. The fourth-order valence-electron chi connectivity index (χ4n) is 1.21. The van der Waals surface area contributed by atoms with Crippen molar-refractivity contribution in [1.29, 1.82) is 0 Å². The van der Waals surface area contributed by atoms with Crippen molar-refractivity contribution >= 4 is 11.6 Å². The molecule has 0 N–H and O–H groups in total. The molecule has 0 fully saturated rings. The monoisotopic (exact) mass is 186 g/mol. The molecule has 0 aliphatic carbocycles. The van der Waals surface area contributed by atoms with Crippen LogP contribution in [0.4, 0.5) is 0 Å². The Morgan fingerprint density at radius 1 is 1.50 bits per heavy atom. The van der Waals surface area contributed by atoms with Gasteiger partial charge in [-0.1, -0.05) is 13.3 Å². The number of hydrogen-bond donors (Lipinski definition) is 0. The van der Waals surface area contributed by atoms with E-state index in [1.807, 2.05) is 12.1 Å². The summed E-state index contributed by atoms with van der Waals surface area (Å²) < 4.78 is 5.20. The first-order valence-corrected chi connectivity index (χ1v) is 4.93. The SMILES string of the molecule is CCCC(Cl)CCc1ccco1. The van der Waals surface area contributed by atoms with E-state index in [0.717, 1.165) is 31.4 Å². The maximum absolute atomic E-state index is 6.06. The summed E-state index contributed by atoms with van der Waals surface area (Å²) in [5.74, 6) is 1.04. The highest BCUT2D eigenvalue weighted by molar-refractivity contribution is 6.20. The number of furan rings is 1. The van der Waals surface area contributed by atoms with Crippen LogP contribution in [0.3, 0.4) is 0 Å². The van der Waals surface area contributed by atoms with E-state index in [1.165, 1.54) is 0 Å². The van der Waals surface area contributed by atoms with Crippen LogP contribution in [0.2, 0.25) is 0 Å². The van der Waals surface area contributed by atoms with E-state index in [2.05, 4.69) is 6.92 Å². The molecule has 0 aromatic carbocycles. The summed E-state index contributed by atoms with van der Waals surface area (Å²) in [6.45, 7) is 2.16. The number of alkyl halides is 1. The van der Waals surface area contributed by atoms with E-state index in [1.54, 1.807) is 6.26 Å². The first kappa shape index (κ1) is 9.66. The van der Waals surface area contributed by atoms with Gasteiger partial charge in [-0.2, -0.15) is 0 Å². The molecule has 68 valence electrons. The van der Waals surface area contributed by atoms with Gasteiger partial charge in [0, 0.05) is 11.8 Å². The van der Waals surface area contributed by atoms with Gasteiger partial charge in [-0.05, 0) is 25.0 Å². The third-order valence-electron chi connectivity index (χ3n) is 1.89. The second-order valence-corrected chi connectivity index (χ2v) is 3.62. The molecule has 1 aromatic heterocycles. The average Bonchev–Trinajstić information content (AvgIpc) is 2.53. The lowest BCUT2D eigenvalue weighted by Gasteiger charge is -2.05. The molecule has 1 rings (SSSR count). The molecule has 0 aliphatic rings. The van der Waals surface area contributed by atoms with Crippen molar-refractivity contribution in [3.63, 3.8) is 0 Å². The predicted octanol–water partition coefficient (Wildman–Crippen LogP) is 3.62. The van der Waals surface area contributed by atoms with Crippen LogP contribution in [0.15, 0.2) is 22.8 Å². The summed E-state index contributed by atoms with van der Waals surface area (Å²) in [5, 5.41) is 0.306. The van der Waals surface area contributed by atoms with Gasteiger partial charge in [0.15, 0.2) is 0 Å². The summed E-state index contributed by atoms with van der Waals surface area (Å²) in [4.78, 5) is 0. The van der Waals surface area contributed by atoms with Crippen molar-refractivity contribution < 1.29 is 4.42 Å². The molecule has 0 saturated heterocycles. The third kappa shape index (κ3) is 3.31. The van der Waals surface area contributed by atoms with Gasteiger partial charge in [0.1, 0.15) is 5.76 Å². The summed E-state index contributed by atoms with van der Waals surface area (Å²) in [6, 6.07) is 3.91. The van der Waals surface area contributed by atoms with Crippen molar-refractivity contribution in [2.45, 2.75) is 38.0 Å². The van der Waals surface area contributed by atoms with Crippen LogP contribution in [0.25, 0.3) is 0 Å². The molecular formula is C10H15ClO. The first-order valence-electron chi connectivity index (χ1n) is 4.49. The van der Waals surface area contributed by atoms with Gasteiger partial charge in [0.25, 0.3) is 0 Å². The Labute approximate surface area is 78.7 Å². The smallest absolute Gasteiger partial charge is 0.103 e. The predicted molar refractivity (Wildman–Crippen MR) is 51.6 cm³/mol. The van der Waals surface area contributed by atoms with Gasteiger partial charge in [0.2, 0.25) is 0 Å². The zero-order valence-corrected chi connectivity index (χ0v) is 8.18. The van der Waals surface area contributed by atoms with Gasteiger partial charge in [-0.25, -0.2) is 0 Å². The number of aryl methyl sites for hydroxylation is 1. The molecule has 2 heteroatoms. The Bertz CT molecular complexity index is 194. The van der Waals surface area contributed by atoms with E-state index in [-0.39, 0.29) is 0 Å². The van der Waals surface area contributed by atoms with Crippen molar-refractivity contribution in [2.24, 2.45) is 0 Å². The molecule has 0 amide bonds. The average molecular weight is 187 g/mol. The van der Waals surface area contributed by atoms with Gasteiger partial charge in [0.05, 0.1) is 6.26 Å². The molecule has 1 atom stereocenters. The summed E-state index contributed by atoms with van der Waals surface area (Å²) in [7, 11) is 0. The minimum absolute atomic E-state index is 0.306. The second-order valence-electron chi connectivity index (χ2n) is 3.00. The van der Waals surface area contributed by atoms with Crippen LogP contribution in [-0.4, -0.2) is 5.38 Å². The highest BCUT2D eigenvalue weighted by Gasteiger charge is 2.04. The highest BCUT2D eigenvalue weighted by Crippen LogP contribution is 2.13. The largest absolute Gasteiger partial charge is 0.469 e. The van der Waals surface area contributed by atoms with Crippen molar-refractivity contribution in [3.8, 4) is 0 Å². The van der Waals surface area contributed by atoms with E-state index in [9.17, 15) is 0 Å². The van der Waals surface area contributed by atoms with Gasteiger partial charge in [-0.3, -0.25) is 0 Å². The van der Waals surface area contributed by atoms with Gasteiger partial charge < -0.3 is 4.42 Å². The molecule has 1 nitrogen and oxygen atoms in total. The van der Waals surface area contributed by atoms with E-state index < -0.39 is 0 Å². The van der Waals surface area contributed by atoms with E-state index in [4.69, 9.17) is 16.0 Å². The molecule has 0 spiro atoms. The maximum atomic E-state index is 6.06. The Balaban J connectivity index is 2.17. The number of rotatable bonds is 5. The number of halogens is 1. The summed E-state index contributed by atoms with van der Waals surface area (Å²) in [6.07, 6.45) is 5.94. The lowest BCUT2D eigenvalue weighted by Crippen LogP contribution is -1.99. The van der Waals surface area contributed by atoms with Crippen molar-refractivity contribution in [1.82, 2.24) is 0 Å². The summed E-state index contributed by atoms with van der Waals surface area (Å²) >= 11 is 6.06. The zero-order chi connectivity index (χ0) is 8.81. The van der Waals surface area contributed by atoms with Crippen molar-refractivity contribution in [3.05, 3.63) is 24.2 Å². The fourth-order valence-corrected chi connectivity index (χ4v) is 1.54. The van der Waals surface area contributed by atoms with Crippen LogP contribution < -0.4 is 0 Å². The van der Waals surface area contributed by atoms with E-state index in [0.29, 0.717) is 5.38 Å². The second kappa shape index (κ2) is 5.26. The van der Waals surface area contributed by atoms with Crippen LogP contribution in [0.5, 0.6) is 0 Å².